The molecule has 2 aromatic rings. The van der Waals surface area contributed by atoms with Gasteiger partial charge in [-0.05, 0) is 24.1 Å². The maximum Gasteiger partial charge on any atom is 0.165 e. The van der Waals surface area contributed by atoms with Crippen molar-refractivity contribution in [1.29, 1.82) is 0 Å². The third-order valence-electron chi connectivity index (χ3n) is 2.22. The molecule has 1 nitrogen and oxygen atoms in total. The zero-order valence-electron chi connectivity index (χ0n) is 8.68. The van der Waals surface area contributed by atoms with Gasteiger partial charge in [0.1, 0.15) is 5.75 Å². The molecule has 0 bridgehead atoms. The van der Waals surface area contributed by atoms with Gasteiger partial charge in [0.15, 0.2) is 6.61 Å². The molecule has 0 saturated heterocycles. The molecule has 0 amide bonds. The molecular weight excluding hydrogens is 184 g/mol. The van der Waals surface area contributed by atoms with Crippen LogP contribution in [0.2, 0.25) is 0 Å². The first kappa shape index (κ1) is 9.78. The van der Waals surface area contributed by atoms with E-state index in [9.17, 15) is 0 Å². The fraction of sp³-hybridized carbons (Fsp3) is 0.0714. The lowest BCUT2D eigenvalue weighted by Crippen LogP contribution is -1.93. The first-order valence-electron chi connectivity index (χ1n) is 4.97. The Kier molecular flexibility index (Phi) is 3.03. The number of ether oxygens (including phenoxy) is 1. The van der Waals surface area contributed by atoms with Gasteiger partial charge < -0.3 is 4.74 Å². The number of benzene rings is 2. The number of rotatable bonds is 3. The van der Waals surface area contributed by atoms with E-state index in [0.29, 0.717) is 0 Å². The smallest absolute Gasteiger partial charge is 0.165 e. The monoisotopic (exact) mass is 197 g/mol. The fourth-order valence-corrected chi connectivity index (χ4v) is 1.35. The van der Waals surface area contributed by atoms with Crippen molar-refractivity contribution in [2.75, 3.05) is 0 Å². The van der Waals surface area contributed by atoms with Crippen molar-refractivity contribution in [3.8, 4) is 5.75 Å². The second-order valence-electron chi connectivity index (χ2n) is 3.41. The van der Waals surface area contributed by atoms with E-state index in [1.54, 1.807) is 6.61 Å². The van der Waals surface area contributed by atoms with Crippen LogP contribution in [0.1, 0.15) is 11.1 Å². The van der Waals surface area contributed by atoms with E-state index in [1.807, 2.05) is 61.5 Å². The molecule has 0 aliphatic heterocycles. The molecule has 15 heavy (non-hydrogen) atoms. The molecule has 0 aromatic heterocycles. The normalized spacial score (nSPS) is 9.93. The van der Waals surface area contributed by atoms with Crippen LogP contribution >= 0.6 is 0 Å². The van der Waals surface area contributed by atoms with Gasteiger partial charge in [0.2, 0.25) is 0 Å². The highest BCUT2D eigenvalue weighted by Crippen LogP contribution is 2.18. The molecule has 0 N–H and O–H groups in total. The van der Waals surface area contributed by atoms with E-state index in [1.165, 1.54) is 0 Å². The molecule has 0 saturated carbocycles. The Hall–Kier alpha value is -1.76. The van der Waals surface area contributed by atoms with Gasteiger partial charge in [0, 0.05) is 0 Å². The van der Waals surface area contributed by atoms with Gasteiger partial charge in [-0.15, -0.1) is 0 Å². The zero-order valence-corrected chi connectivity index (χ0v) is 8.68. The summed E-state index contributed by atoms with van der Waals surface area (Å²) in [6.07, 6.45) is 0. The molecule has 1 radical (unpaired) electrons. The Balaban J connectivity index is 2.03. The third kappa shape index (κ3) is 2.59. The first-order chi connectivity index (χ1) is 7.36. The average molecular weight is 197 g/mol. The van der Waals surface area contributed by atoms with Crippen molar-refractivity contribution in [1.82, 2.24) is 0 Å². The molecule has 0 heterocycles. The molecule has 2 rings (SSSR count). The van der Waals surface area contributed by atoms with E-state index >= 15 is 0 Å². The topological polar surface area (TPSA) is 9.23 Å². The molecule has 75 valence electrons. The van der Waals surface area contributed by atoms with Crippen molar-refractivity contribution in [3.05, 3.63) is 72.3 Å². The van der Waals surface area contributed by atoms with Crippen LogP contribution in [0.15, 0.2) is 54.6 Å². The van der Waals surface area contributed by atoms with Gasteiger partial charge in [-0.3, -0.25) is 0 Å². The fourth-order valence-electron chi connectivity index (χ4n) is 1.35. The molecule has 1 heteroatoms. The summed E-state index contributed by atoms with van der Waals surface area (Å²) in [6.45, 7) is 3.80. The van der Waals surface area contributed by atoms with Crippen molar-refractivity contribution >= 4 is 0 Å². The lowest BCUT2D eigenvalue weighted by Gasteiger charge is -2.07. The molecule has 0 unspecified atom stereocenters. The predicted octanol–water partition coefficient (Wildman–Crippen LogP) is 3.58. The van der Waals surface area contributed by atoms with Gasteiger partial charge in [-0.25, -0.2) is 0 Å². The Morgan fingerprint density at radius 3 is 2.27 bits per heavy atom. The largest absolute Gasteiger partial charge is 0.481 e. The van der Waals surface area contributed by atoms with Crippen molar-refractivity contribution < 1.29 is 4.74 Å². The number of hydrogen-bond donors (Lipinski definition) is 0. The minimum atomic E-state index is 0.904. The Labute approximate surface area is 90.3 Å². The lowest BCUT2D eigenvalue weighted by atomic mass is 10.2. The highest BCUT2D eigenvalue weighted by atomic mass is 16.5. The standard InChI is InChI=1S/C14H13O/c1-12-7-5-6-10-14(12)15-11-13-8-3-2-4-9-13/h2-11H,1H3. The van der Waals surface area contributed by atoms with Crippen LogP contribution in [0.5, 0.6) is 5.75 Å². The van der Waals surface area contributed by atoms with Crippen molar-refractivity contribution in [2.45, 2.75) is 6.92 Å². The molecule has 0 atom stereocenters. The van der Waals surface area contributed by atoms with Crippen LogP contribution in [0.4, 0.5) is 0 Å². The summed E-state index contributed by atoms with van der Waals surface area (Å²) in [7, 11) is 0. The highest BCUT2D eigenvalue weighted by molar-refractivity contribution is 5.33. The Morgan fingerprint density at radius 2 is 1.53 bits per heavy atom. The molecule has 0 fully saturated rings. The van der Waals surface area contributed by atoms with E-state index in [0.717, 1.165) is 16.9 Å². The maximum absolute atomic E-state index is 5.60. The van der Waals surface area contributed by atoms with E-state index in [-0.39, 0.29) is 0 Å². The summed E-state index contributed by atoms with van der Waals surface area (Å²) >= 11 is 0. The number of hydrogen-bond acceptors (Lipinski definition) is 1. The Bertz CT molecular complexity index is 420. The van der Waals surface area contributed by atoms with Gasteiger partial charge in [0.05, 0.1) is 0 Å². The van der Waals surface area contributed by atoms with Gasteiger partial charge in [-0.2, -0.15) is 0 Å². The molecule has 0 spiro atoms. The van der Waals surface area contributed by atoms with Crippen LogP contribution in [0, 0.1) is 13.5 Å². The minimum absolute atomic E-state index is 0.904. The molecule has 0 aliphatic rings. The maximum atomic E-state index is 5.60. The highest BCUT2D eigenvalue weighted by Gasteiger charge is 1.98. The van der Waals surface area contributed by atoms with Crippen molar-refractivity contribution in [3.63, 3.8) is 0 Å². The second-order valence-corrected chi connectivity index (χ2v) is 3.41. The van der Waals surface area contributed by atoms with E-state index in [4.69, 9.17) is 4.74 Å². The molecule has 2 aromatic carbocycles. The summed E-state index contributed by atoms with van der Waals surface area (Å²) in [4.78, 5) is 0. The van der Waals surface area contributed by atoms with E-state index in [2.05, 4.69) is 0 Å². The predicted molar refractivity (Wildman–Crippen MR) is 61.7 cm³/mol. The SMILES string of the molecule is Cc1ccccc1O[CH]c1ccccc1. The summed E-state index contributed by atoms with van der Waals surface area (Å²) in [6, 6.07) is 18.0. The van der Waals surface area contributed by atoms with Crippen molar-refractivity contribution in [2.24, 2.45) is 0 Å². The summed E-state index contributed by atoms with van der Waals surface area (Å²) in [5.41, 5.74) is 2.21. The summed E-state index contributed by atoms with van der Waals surface area (Å²) in [5, 5.41) is 0. The second kappa shape index (κ2) is 4.65. The van der Waals surface area contributed by atoms with Gasteiger partial charge in [0.25, 0.3) is 0 Å². The van der Waals surface area contributed by atoms with Crippen LogP contribution in [0.3, 0.4) is 0 Å². The lowest BCUT2D eigenvalue weighted by molar-refractivity contribution is 0.425. The number of aryl methyl sites for hydroxylation is 1. The summed E-state index contributed by atoms with van der Waals surface area (Å²) in [5.74, 6) is 0.904. The molecular formula is C14H13O. The Morgan fingerprint density at radius 1 is 0.867 bits per heavy atom. The van der Waals surface area contributed by atoms with Gasteiger partial charge in [-0.1, -0.05) is 48.5 Å². The number of para-hydroxylation sites is 1. The first-order valence-corrected chi connectivity index (χ1v) is 4.97. The minimum Gasteiger partial charge on any atom is -0.481 e. The zero-order chi connectivity index (χ0) is 10.5. The van der Waals surface area contributed by atoms with Gasteiger partial charge >= 0.3 is 0 Å². The van der Waals surface area contributed by atoms with E-state index < -0.39 is 0 Å². The summed E-state index contributed by atoms with van der Waals surface area (Å²) < 4.78 is 5.60. The quantitative estimate of drug-likeness (QED) is 0.730. The van der Waals surface area contributed by atoms with Crippen LogP contribution in [0.25, 0.3) is 0 Å². The van der Waals surface area contributed by atoms with Crippen LogP contribution in [-0.4, -0.2) is 0 Å². The average Bonchev–Trinajstić information content (AvgIpc) is 2.29. The third-order valence-corrected chi connectivity index (χ3v) is 2.22. The van der Waals surface area contributed by atoms with Crippen LogP contribution in [-0.2, 0) is 0 Å². The molecule has 0 aliphatic carbocycles. The van der Waals surface area contributed by atoms with Crippen LogP contribution < -0.4 is 4.74 Å².